The third-order valence-corrected chi connectivity index (χ3v) is 8.00. The van der Waals surface area contributed by atoms with Gasteiger partial charge in [0.25, 0.3) is 5.91 Å². The van der Waals surface area contributed by atoms with Crippen molar-refractivity contribution in [2.75, 3.05) is 4.90 Å². The highest BCUT2D eigenvalue weighted by Crippen LogP contribution is 2.39. The average molecular weight is 544 g/mol. The van der Waals surface area contributed by atoms with Gasteiger partial charge < -0.3 is 0 Å². The van der Waals surface area contributed by atoms with Crippen LogP contribution in [0.1, 0.15) is 10.4 Å². The molecule has 34 heavy (non-hydrogen) atoms. The van der Waals surface area contributed by atoms with Gasteiger partial charge in [0.15, 0.2) is 5.84 Å². The second-order valence-corrected chi connectivity index (χ2v) is 10.2. The Balaban J connectivity index is 1.55. The average Bonchev–Trinajstić information content (AvgIpc) is 3.36. The number of rotatable bonds is 3. The third kappa shape index (κ3) is 3.57. The monoisotopic (exact) mass is 542 g/mol. The second-order valence-electron chi connectivity index (χ2n) is 7.89. The molecule has 1 aliphatic heterocycles. The molecule has 3 nitrogen and oxygen atoms in total. The molecule has 0 saturated carbocycles. The van der Waals surface area contributed by atoms with E-state index in [0.717, 1.165) is 41.5 Å². The third-order valence-electron chi connectivity index (χ3n) is 5.80. The molecule has 6 rings (SSSR count). The van der Waals surface area contributed by atoms with Gasteiger partial charge in [0.05, 0.1) is 15.6 Å². The van der Waals surface area contributed by atoms with Gasteiger partial charge >= 0.3 is 0 Å². The largest absolute Gasteiger partial charge is 0.282 e. The van der Waals surface area contributed by atoms with Gasteiger partial charge in [-0.25, -0.2) is 4.99 Å². The topological polar surface area (TPSA) is 32.7 Å². The summed E-state index contributed by atoms with van der Waals surface area (Å²) >= 11 is 11.8. The van der Waals surface area contributed by atoms with E-state index in [1.54, 1.807) is 16.2 Å². The highest BCUT2D eigenvalue weighted by molar-refractivity contribution is 9.10. The number of nitrogens with zero attached hydrogens (tertiary/aromatic N) is 2. The van der Waals surface area contributed by atoms with Crippen LogP contribution in [-0.2, 0) is 4.79 Å². The molecule has 0 N–H and O–H groups in total. The summed E-state index contributed by atoms with van der Waals surface area (Å²) in [7, 11) is 0. The molecule has 0 fully saturated rings. The Kier molecular flexibility index (Phi) is 5.33. The smallest absolute Gasteiger partial charge is 0.266 e. The van der Waals surface area contributed by atoms with Crippen LogP contribution in [0.3, 0.4) is 0 Å². The molecule has 2 heterocycles. The number of benzene rings is 4. The first kappa shape index (κ1) is 21.3. The number of aliphatic imine (C=N–C) groups is 1. The molecule has 1 aromatic heterocycles. The molecule has 0 atom stereocenters. The van der Waals surface area contributed by atoms with Crippen molar-refractivity contribution in [2.45, 2.75) is 0 Å². The van der Waals surface area contributed by atoms with Crippen LogP contribution in [0, 0.1) is 0 Å². The van der Waals surface area contributed by atoms with E-state index < -0.39 is 0 Å². The van der Waals surface area contributed by atoms with Gasteiger partial charge in [-0.15, -0.1) is 11.3 Å². The zero-order chi connectivity index (χ0) is 23.2. The Bertz CT molecular complexity index is 1650. The first-order valence-corrected chi connectivity index (χ1v) is 12.6. The van der Waals surface area contributed by atoms with Gasteiger partial charge in [-0.3, -0.25) is 9.69 Å². The van der Waals surface area contributed by atoms with E-state index in [0.29, 0.717) is 16.6 Å². The summed E-state index contributed by atoms with van der Waals surface area (Å²) in [6.45, 7) is 0. The molecule has 0 saturated heterocycles. The van der Waals surface area contributed by atoms with Crippen molar-refractivity contribution in [3.63, 3.8) is 0 Å². The van der Waals surface area contributed by atoms with E-state index in [-0.39, 0.29) is 5.91 Å². The minimum Gasteiger partial charge on any atom is -0.266 e. The summed E-state index contributed by atoms with van der Waals surface area (Å²) in [5.41, 5.74) is 2.06. The Morgan fingerprint density at radius 2 is 1.56 bits per heavy atom. The molecule has 5 aromatic rings. The maximum atomic E-state index is 13.7. The lowest BCUT2D eigenvalue weighted by Gasteiger charge is -2.18. The highest BCUT2D eigenvalue weighted by atomic mass is 79.9. The molecular weight excluding hydrogens is 528 g/mol. The number of anilines is 1. The normalized spacial score (nSPS) is 15.0. The molecule has 1 aliphatic rings. The second kappa shape index (κ2) is 8.51. The van der Waals surface area contributed by atoms with E-state index in [1.165, 1.54) is 0 Å². The van der Waals surface area contributed by atoms with E-state index in [4.69, 9.17) is 16.6 Å². The number of hydrogen-bond acceptors (Lipinski definition) is 3. The standard InChI is InChI=1S/C28H16BrClN2OS/c29-19-12-14-20(15-13-19)32-27(26-25(30)22-10-3-4-11-24(22)34-26)31-23(28(32)33)16-18-8-5-7-17-6-1-2-9-21(17)18/h1-16H/b23-16+. The fraction of sp³-hybridized carbons (Fsp3) is 0. The predicted molar refractivity (Wildman–Crippen MR) is 147 cm³/mol. The fourth-order valence-corrected chi connectivity index (χ4v) is 5.94. The quantitative estimate of drug-likeness (QED) is 0.211. The van der Waals surface area contributed by atoms with E-state index in [2.05, 4.69) is 34.1 Å². The number of hydrogen-bond donors (Lipinski definition) is 0. The van der Waals surface area contributed by atoms with Crippen LogP contribution in [0.5, 0.6) is 0 Å². The Morgan fingerprint density at radius 3 is 2.35 bits per heavy atom. The number of halogens is 2. The van der Waals surface area contributed by atoms with E-state index >= 15 is 0 Å². The van der Waals surface area contributed by atoms with Crippen LogP contribution in [0.25, 0.3) is 26.9 Å². The van der Waals surface area contributed by atoms with Gasteiger partial charge in [0.1, 0.15) is 5.70 Å². The highest BCUT2D eigenvalue weighted by Gasteiger charge is 2.35. The zero-order valence-corrected chi connectivity index (χ0v) is 20.9. The Labute approximate surface area is 213 Å². The van der Waals surface area contributed by atoms with Crippen molar-refractivity contribution in [1.82, 2.24) is 0 Å². The molecule has 4 aromatic carbocycles. The van der Waals surface area contributed by atoms with Crippen molar-refractivity contribution < 1.29 is 4.79 Å². The number of amides is 1. The van der Waals surface area contributed by atoms with Crippen molar-refractivity contribution in [3.8, 4) is 0 Å². The SMILES string of the molecule is O=C1/C(=C\c2cccc3ccccc23)N=C(c2sc3ccccc3c2Cl)N1c1ccc(Br)cc1. The first-order chi connectivity index (χ1) is 16.6. The van der Waals surface area contributed by atoms with Gasteiger partial charge in [-0.1, -0.05) is 88.2 Å². The van der Waals surface area contributed by atoms with Crippen LogP contribution in [0.15, 0.2) is 106 Å². The molecule has 164 valence electrons. The van der Waals surface area contributed by atoms with Gasteiger partial charge in [-0.2, -0.15) is 0 Å². The molecule has 0 unspecified atom stereocenters. The number of carbonyl (C=O) groups excluding carboxylic acids is 1. The van der Waals surface area contributed by atoms with Gasteiger partial charge in [0.2, 0.25) is 0 Å². The first-order valence-electron chi connectivity index (χ1n) is 10.7. The van der Waals surface area contributed by atoms with Crippen molar-refractivity contribution in [3.05, 3.63) is 117 Å². The molecule has 0 aliphatic carbocycles. The summed E-state index contributed by atoms with van der Waals surface area (Å²) < 4.78 is 1.99. The van der Waals surface area contributed by atoms with Crippen LogP contribution < -0.4 is 4.90 Å². The maximum absolute atomic E-state index is 13.7. The predicted octanol–water partition coefficient (Wildman–Crippen LogP) is 8.30. The maximum Gasteiger partial charge on any atom is 0.282 e. The van der Waals surface area contributed by atoms with Crippen LogP contribution in [-0.4, -0.2) is 11.7 Å². The molecule has 0 bridgehead atoms. The number of thiophene rings is 1. The summed E-state index contributed by atoms with van der Waals surface area (Å²) in [4.78, 5) is 21.0. The van der Waals surface area contributed by atoms with Crippen LogP contribution >= 0.6 is 38.9 Å². The number of fused-ring (bicyclic) bond motifs is 2. The molecule has 1 amide bonds. The number of carbonyl (C=O) groups is 1. The molecule has 0 spiro atoms. The minimum absolute atomic E-state index is 0.182. The summed E-state index contributed by atoms with van der Waals surface area (Å²) in [6, 6.07) is 29.8. The lowest BCUT2D eigenvalue weighted by atomic mass is 10.0. The Hall–Kier alpha value is -3.25. The van der Waals surface area contributed by atoms with E-state index in [9.17, 15) is 4.79 Å². The molecular formula is C28H16BrClN2OS. The van der Waals surface area contributed by atoms with Gasteiger partial charge in [0, 0.05) is 14.6 Å². The molecule has 6 heteroatoms. The minimum atomic E-state index is -0.182. The van der Waals surface area contributed by atoms with Crippen molar-refractivity contribution in [2.24, 2.45) is 4.99 Å². The Morgan fingerprint density at radius 1 is 0.853 bits per heavy atom. The summed E-state index contributed by atoms with van der Waals surface area (Å²) in [6.07, 6.45) is 1.87. The number of amidine groups is 1. The van der Waals surface area contributed by atoms with Gasteiger partial charge in [-0.05, 0) is 52.7 Å². The van der Waals surface area contributed by atoms with Crippen LogP contribution in [0.2, 0.25) is 5.02 Å². The van der Waals surface area contributed by atoms with E-state index in [1.807, 2.05) is 78.9 Å². The molecule has 0 radical (unpaired) electrons. The summed E-state index contributed by atoms with van der Waals surface area (Å²) in [5, 5.41) is 3.76. The van der Waals surface area contributed by atoms with Crippen molar-refractivity contribution >= 4 is 83.2 Å². The zero-order valence-electron chi connectivity index (χ0n) is 17.7. The lowest BCUT2D eigenvalue weighted by Crippen LogP contribution is -2.32. The lowest BCUT2D eigenvalue weighted by molar-refractivity contribution is -0.113. The fourth-order valence-electron chi connectivity index (χ4n) is 4.18. The van der Waals surface area contributed by atoms with Crippen LogP contribution in [0.4, 0.5) is 5.69 Å². The van der Waals surface area contributed by atoms with Crippen molar-refractivity contribution in [1.29, 1.82) is 0 Å². The summed E-state index contributed by atoms with van der Waals surface area (Å²) in [5.74, 6) is 0.365.